The van der Waals surface area contributed by atoms with Crippen LogP contribution in [0.5, 0.6) is 0 Å². The number of carboxylic acid groups (broad SMARTS) is 4. The van der Waals surface area contributed by atoms with Gasteiger partial charge in [0.15, 0.2) is 0 Å². The van der Waals surface area contributed by atoms with Crippen molar-refractivity contribution in [3.8, 4) is 45.3 Å². The van der Waals surface area contributed by atoms with Gasteiger partial charge in [0.2, 0.25) is 0 Å². The van der Waals surface area contributed by atoms with Crippen LogP contribution in [-0.2, 0) is 44.9 Å². The number of carbonyl (C=O) groups is 4. The molecular weight excluding hydrogens is 825 g/mol. The molecule has 0 aromatic carbocycles. The van der Waals surface area contributed by atoms with E-state index in [0.717, 1.165) is 0 Å². The molecule has 0 radical (unpaired) electrons. The second-order valence-corrected chi connectivity index (χ2v) is 15.2. The number of furan rings is 4. The number of aliphatic carboxylic acids is 4. The fourth-order valence-electron chi connectivity index (χ4n) is 8.14. The molecule has 9 heterocycles. The van der Waals surface area contributed by atoms with E-state index in [1.165, 1.54) is 25.1 Å². The lowest BCUT2D eigenvalue weighted by molar-refractivity contribution is -0.138. The Kier molecular flexibility index (Phi) is 11.0. The highest BCUT2D eigenvalue weighted by Gasteiger charge is 2.26. The average Bonchev–Trinajstić information content (AvgIpc) is 4.12. The normalized spacial score (nSPS) is 12.0. The van der Waals surface area contributed by atoms with Crippen molar-refractivity contribution in [1.29, 1.82) is 0 Å². The minimum atomic E-state index is -0.977. The summed E-state index contributed by atoms with van der Waals surface area (Å²) in [6.45, 7) is 0. The zero-order valence-corrected chi connectivity index (χ0v) is 33.8. The predicted octanol–water partition coefficient (Wildman–Crippen LogP) is 9.76. The van der Waals surface area contributed by atoms with E-state index >= 15 is 0 Å². The lowest BCUT2D eigenvalue weighted by Crippen LogP contribution is -1.98. The first kappa shape index (κ1) is 41.0. The van der Waals surface area contributed by atoms with Crippen LogP contribution in [0, 0.1) is 0 Å². The highest BCUT2D eigenvalue weighted by molar-refractivity contribution is 5.99. The number of hydrogen-bond acceptors (Lipinski definition) is 10. The Hall–Kier alpha value is -8.40. The largest absolute Gasteiger partial charge is 0.481 e. The summed E-state index contributed by atoms with van der Waals surface area (Å²) < 4.78 is 24.6. The molecule has 7 aromatic rings. The van der Waals surface area contributed by atoms with Crippen molar-refractivity contribution in [2.45, 2.75) is 51.4 Å². The van der Waals surface area contributed by atoms with Gasteiger partial charge in [0.1, 0.15) is 23.0 Å². The lowest BCUT2D eigenvalue weighted by Gasteiger charge is -2.07. The molecule has 0 aliphatic carbocycles. The van der Waals surface area contributed by atoms with Crippen LogP contribution in [0.1, 0.15) is 70.7 Å². The molecule has 0 atom stereocenters. The highest BCUT2D eigenvalue weighted by atomic mass is 16.4. The van der Waals surface area contributed by atoms with E-state index in [1.54, 1.807) is 48.6 Å². The minimum Gasteiger partial charge on any atom is -0.481 e. The van der Waals surface area contributed by atoms with Gasteiger partial charge < -0.3 is 48.1 Å². The predicted molar refractivity (Wildman–Crippen MR) is 233 cm³/mol. The van der Waals surface area contributed by atoms with Crippen molar-refractivity contribution in [1.82, 2.24) is 19.9 Å². The van der Waals surface area contributed by atoms with Gasteiger partial charge in [-0.3, -0.25) is 19.2 Å². The third-order valence-corrected chi connectivity index (χ3v) is 11.1. The number of nitrogens with one attached hydrogen (secondary N) is 2. The van der Waals surface area contributed by atoms with E-state index in [9.17, 15) is 39.6 Å². The van der Waals surface area contributed by atoms with Crippen LogP contribution in [0.2, 0.25) is 0 Å². The smallest absolute Gasteiger partial charge is 0.303 e. The first-order chi connectivity index (χ1) is 31.0. The van der Waals surface area contributed by atoms with E-state index < -0.39 is 23.9 Å². The molecule has 0 fully saturated rings. The minimum absolute atomic E-state index is 0.154. The third kappa shape index (κ3) is 8.07. The first-order valence-electron chi connectivity index (χ1n) is 20.3. The maximum Gasteiger partial charge on any atom is 0.303 e. The summed E-state index contributed by atoms with van der Waals surface area (Å²) in [4.78, 5) is 64.4. The number of fused-ring (bicyclic) bond motifs is 8. The number of carboxylic acids is 4. The molecule has 16 nitrogen and oxygen atoms in total. The molecule has 0 unspecified atom stereocenters. The average molecular weight is 863 g/mol. The van der Waals surface area contributed by atoms with Gasteiger partial charge in [0.05, 0.1) is 92.1 Å². The SMILES string of the molecule is O=C(O)CCc1ccoc1-c1c2nc(c(-c3occc3CCC(=O)O)c3ccc([nH]3)c(-c3occc3CCC(=O)O)c3nc(c(-c4occc4CCC(=O)O)c4ccc1[nH]4)C=C3)C=C2. The Labute approximate surface area is 361 Å². The molecule has 2 aliphatic heterocycles. The molecule has 64 heavy (non-hydrogen) atoms. The van der Waals surface area contributed by atoms with E-state index in [4.69, 9.17) is 27.6 Å². The zero-order chi connectivity index (χ0) is 44.5. The van der Waals surface area contributed by atoms with Gasteiger partial charge in [-0.25, -0.2) is 9.97 Å². The van der Waals surface area contributed by atoms with Crippen molar-refractivity contribution in [3.63, 3.8) is 0 Å². The molecular formula is C48H38N4O12. The van der Waals surface area contributed by atoms with E-state index in [-0.39, 0.29) is 51.4 Å². The summed E-state index contributed by atoms with van der Waals surface area (Å²) >= 11 is 0. The van der Waals surface area contributed by atoms with Crippen molar-refractivity contribution < 1.29 is 57.3 Å². The number of aromatic nitrogens is 4. The Morgan fingerprint density at radius 3 is 0.844 bits per heavy atom. The van der Waals surface area contributed by atoms with Crippen molar-refractivity contribution in [2.24, 2.45) is 0 Å². The Balaban J connectivity index is 1.42. The van der Waals surface area contributed by atoms with Crippen LogP contribution in [0.25, 0.3) is 91.7 Å². The molecule has 0 spiro atoms. The van der Waals surface area contributed by atoms with Crippen LogP contribution < -0.4 is 0 Å². The van der Waals surface area contributed by atoms with Gasteiger partial charge in [0, 0.05) is 25.7 Å². The van der Waals surface area contributed by atoms with Crippen LogP contribution in [0.15, 0.2) is 91.3 Å². The number of hydrogen-bond donors (Lipinski definition) is 6. The van der Waals surface area contributed by atoms with E-state index in [0.29, 0.717) is 112 Å². The molecule has 9 rings (SSSR count). The Morgan fingerprint density at radius 1 is 0.391 bits per heavy atom. The fraction of sp³-hybridized carbons (Fsp3) is 0.167. The van der Waals surface area contributed by atoms with Crippen LogP contribution in [0.3, 0.4) is 0 Å². The van der Waals surface area contributed by atoms with Gasteiger partial charge in [-0.1, -0.05) is 0 Å². The monoisotopic (exact) mass is 862 g/mol. The van der Waals surface area contributed by atoms with Gasteiger partial charge in [-0.15, -0.1) is 0 Å². The number of nitrogens with zero attached hydrogens (tertiary/aromatic N) is 2. The van der Waals surface area contributed by atoms with Gasteiger partial charge in [-0.05, 0) is 121 Å². The highest BCUT2D eigenvalue weighted by Crippen LogP contribution is 2.41. The molecule has 2 aliphatic rings. The second-order valence-electron chi connectivity index (χ2n) is 15.2. The standard InChI is InChI=1S/C48H38N4O12/c53-37(54)13-1-25-17-21-61-45(25)41-29-5-7-31(49-29)42(46-26(18-22-62-46)2-14-38(55)56)33-9-11-35(51-33)44(48-28(20-24-64-48)4-16-40(59)60)36-12-10-34(52-36)43(32-8-6-30(41)50-32)47-27(19-23-63-47)3-15-39(57)58/h5-12,17-24,49,52H,1-4,13-16H2,(H,53,54)(H,55,56)(H,57,58)(H,59,60). The first-order valence-corrected chi connectivity index (χ1v) is 20.3. The van der Waals surface area contributed by atoms with E-state index in [1.807, 2.05) is 24.3 Å². The summed E-state index contributed by atoms with van der Waals surface area (Å²) in [5.41, 5.74) is 8.51. The molecule has 322 valence electrons. The summed E-state index contributed by atoms with van der Waals surface area (Å²) in [7, 11) is 0. The summed E-state index contributed by atoms with van der Waals surface area (Å²) in [6, 6.07) is 14.2. The quantitative estimate of drug-likeness (QED) is 0.0528. The van der Waals surface area contributed by atoms with Crippen molar-refractivity contribution in [2.75, 3.05) is 0 Å². The maximum atomic E-state index is 11.7. The number of aryl methyl sites for hydroxylation is 4. The summed E-state index contributed by atoms with van der Waals surface area (Å²) in [5.74, 6) is -2.37. The molecule has 0 saturated carbocycles. The molecule has 7 aromatic heterocycles. The van der Waals surface area contributed by atoms with Gasteiger partial charge >= 0.3 is 23.9 Å². The van der Waals surface area contributed by atoms with Crippen molar-refractivity contribution >= 4 is 70.2 Å². The number of rotatable bonds is 16. The molecule has 6 N–H and O–H groups in total. The molecule has 16 heteroatoms. The number of H-pyrrole nitrogens is 2. The van der Waals surface area contributed by atoms with Crippen LogP contribution >= 0.6 is 0 Å². The third-order valence-electron chi connectivity index (χ3n) is 11.1. The molecule has 8 bridgehead atoms. The summed E-state index contributed by atoms with van der Waals surface area (Å²) in [6.07, 6.45) is 13.2. The Bertz CT molecular complexity index is 2800. The summed E-state index contributed by atoms with van der Waals surface area (Å²) in [5, 5.41) is 38.5. The van der Waals surface area contributed by atoms with Gasteiger partial charge in [0.25, 0.3) is 0 Å². The van der Waals surface area contributed by atoms with E-state index in [2.05, 4.69) is 9.97 Å². The molecule has 0 amide bonds. The second kappa shape index (κ2) is 17.2. The lowest BCUT2D eigenvalue weighted by atomic mass is 10.0. The fourth-order valence-corrected chi connectivity index (χ4v) is 8.14. The van der Waals surface area contributed by atoms with Crippen LogP contribution in [0.4, 0.5) is 0 Å². The zero-order valence-electron chi connectivity index (χ0n) is 33.8. The maximum absolute atomic E-state index is 11.7. The topological polar surface area (TPSA) is 259 Å². The molecule has 0 saturated heterocycles. The Morgan fingerprint density at radius 2 is 0.625 bits per heavy atom. The van der Waals surface area contributed by atoms with Crippen LogP contribution in [-0.4, -0.2) is 64.2 Å². The number of aromatic amines is 2. The van der Waals surface area contributed by atoms with Crippen molar-refractivity contribution in [3.05, 3.63) is 119 Å². The van der Waals surface area contributed by atoms with Gasteiger partial charge in [-0.2, -0.15) is 0 Å².